The van der Waals surface area contributed by atoms with Gasteiger partial charge in [-0.3, -0.25) is 9.59 Å². The van der Waals surface area contributed by atoms with Crippen LogP contribution in [0.15, 0.2) is 59.5 Å². The first-order chi connectivity index (χ1) is 17.1. The zero-order valence-electron chi connectivity index (χ0n) is 20.3. The van der Waals surface area contributed by atoms with E-state index in [0.717, 1.165) is 35.7 Å². The van der Waals surface area contributed by atoms with Crippen LogP contribution in [0.4, 0.5) is 5.69 Å². The lowest BCUT2D eigenvalue weighted by atomic mass is 9.53. The molecule has 2 amide bonds. The number of nitrogens with zero attached hydrogens (tertiary/aromatic N) is 2. The van der Waals surface area contributed by atoms with E-state index in [1.807, 2.05) is 35.2 Å². The van der Waals surface area contributed by atoms with E-state index in [1.54, 1.807) is 0 Å². The first-order valence-electron chi connectivity index (χ1n) is 13.2. The van der Waals surface area contributed by atoms with Crippen LogP contribution in [0.2, 0.25) is 0 Å². The maximum atomic E-state index is 13.4. The summed E-state index contributed by atoms with van der Waals surface area (Å²) in [6.07, 6.45) is 7.62. The van der Waals surface area contributed by atoms with Gasteiger partial charge in [-0.2, -0.15) is 0 Å². The molecular formula is C29H35N3O2S. The fourth-order valence-corrected chi connectivity index (χ4v) is 8.33. The molecule has 0 unspecified atom stereocenters. The highest BCUT2D eigenvalue weighted by molar-refractivity contribution is 8.00. The zero-order chi connectivity index (χ0) is 23.8. The lowest BCUT2D eigenvalue weighted by Crippen LogP contribution is -2.60. The van der Waals surface area contributed by atoms with Gasteiger partial charge >= 0.3 is 0 Å². The van der Waals surface area contributed by atoms with Crippen LogP contribution in [0, 0.1) is 17.8 Å². The van der Waals surface area contributed by atoms with Crippen molar-refractivity contribution in [2.75, 3.05) is 36.8 Å². The number of thioether (sulfide) groups is 1. The molecule has 1 N–H and O–H groups in total. The fourth-order valence-electron chi connectivity index (χ4n) is 7.48. The van der Waals surface area contributed by atoms with Crippen molar-refractivity contribution in [2.24, 2.45) is 17.8 Å². The summed E-state index contributed by atoms with van der Waals surface area (Å²) in [4.78, 5) is 31.6. The fraction of sp³-hybridized carbons (Fsp3) is 0.517. The molecule has 1 saturated heterocycles. The van der Waals surface area contributed by atoms with Crippen molar-refractivity contribution in [2.45, 2.75) is 49.0 Å². The standard InChI is InChI=1S/C29H35N3O2S/c33-27(30-29-17-21-14-22(18-29)16-23(15-21)19-29)20-35-26-9-5-4-8-25(26)28(34)32-12-10-31(11-13-32)24-6-2-1-3-7-24/h1-9,21-23H,10-20H2,(H,30,33). The van der Waals surface area contributed by atoms with Gasteiger partial charge in [0.2, 0.25) is 5.91 Å². The molecule has 5 nitrogen and oxygen atoms in total. The number of hydrogen-bond acceptors (Lipinski definition) is 4. The summed E-state index contributed by atoms with van der Waals surface area (Å²) < 4.78 is 0. The Balaban J connectivity index is 1.06. The molecule has 7 rings (SSSR count). The quantitative estimate of drug-likeness (QED) is 0.591. The molecule has 5 fully saturated rings. The van der Waals surface area contributed by atoms with Gasteiger partial charge in [-0.15, -0.1) is 11.8 Å². The number of anilines is 1. The van der Waals surface area contributed by atoms with E-state index in [9.17, 15) is 9.59 Å². The molecule has 6 heteroatoms. The number of amides is 2. The maximum absolute atomic E-state index is 13.4. The summed E-state index contributed by atoms with van der Waals surface area (Å²) in [5, 5.41) is 3.47. The lowest BCUT2D eigenvalue weighted by Gasteiger charge is -2.56. The summed E-state index contributed by atoms with van der Waals surface area (Å²) >= 11 is 1.50. The average Bonchev–Trinajstić information content (AvgIpc) is 2.87. The van der Waals surface area contributed by atoms with Crippen molar-refractivity contribution < 1.29 is 9.59 Å². The average molecular weight is 490 g/mol. The maximum Gasteiger partial charge on any atom is 0.255 e. The molecule has 35 heavy (non-hydrogen) atoms. The summed E-state index contributed by atoms with van der Waals surface area (Å²) in [6.45, 7) is 3.08. The van der Waals surface area contributed by atoms with Gasteiger partial charge in [0.15, 0.2) is 0 Å². The van der Waals surface area contributed by atoms with E-state index < -0.39 is 0 Å². The van der Waals surface area contributed by atoms with Gasteiger partial charge in [0.1, 0.15) is 0 Å². The van der Waals surface area contributed by atoms with Crippen LogP contribution in [0.25, 0.3) is 0 Å². The molecule has 5 aliphatic rings. The van der Waals surface area contributed by atoms with Gasteiger partial charge in [-0.25, -0.2) is 0 Å². The van der Waals surface area contributed by atoms with Crippen molar-refractivity contribution in [3.05, 3.63) is 60.2 Å². The molecule has 1 aliphatic heterocycles. The first-order valence-corrected chi connectivity index (χ1v) is 14.2. The number of rotatable bonds is 6. The third-order valence-electron chi connectivity index (χ3n) is 8.61. The number of carbonyl (C=O) groups is 2. The Morgan fingerprint density at radius 2 is 1.43 bits per heavy atom. The summed E-state index contributed by atoms with van der Waals surface area (Å²) in [5.41, 5.74) is 1.97. The number of nitrogens with one attached hydrogen (secondary N) is 1. The third kappa shape index (κ3) is 4.82. The Kier molecular flexibility index (Phi) is 6.25. The van der Waals surface area contributed by atoms with Crippen LogP contribution >= 0.6 is 11.8 Å². The van der Waals surface area contributed by atoms with Crippen molar-refractivity contribution in [1.82, 2.24) is 10.2 Å². The Bertz CT molecular complexity index is 1050. The Labute approximate surface area is 212 Å². The van der Waals surface area contributed by atoms with Crippen LogP contribution in [0.5, 0.6) is 0 Å². The van der Waals surface area contributed by atoms with E-state index in [4.69, 9.17) is 0 Å². The number of para-hydroxylation sites is 1. The second-order valence-corrected chi connectivity index (χ2v) is 12.2. The molecule has 4 saturated carbocycles. The van der Waals surface area contributed by atoms with Crippen LogP contribution in [0.1, 0.15) is 48.9 Å². The van der Waals surface area contributed by atoms with Crippen LogP contribution in [-0.2, 0) is 4.79 Å². The third-order valence-corrected chi connectivity index (χ3v) is 9.68. The monoisotopic (exact) mass is 489 g/mol. The highest BCUT2D eigenvalue weighted by Gasteiger charge is 2.51. The van der Waals surface area contributed by atoms with Crippen molar-refractivity contribution in [3.63, 3.8) is 0 Å². The van der Waals surface area contributed by atoms with Crippen molar-refractivity contribution in [1.29, 1.82) is 0 Å². The van der Waals surface area contributed by atoms with Gasteiger partial charge < -0.3 is 15.1 Å². The second kappa shape index (κ2) is 9.53. The van der Waals surface area contributed by atoms with Gasteiger partial charge in [0, 0.05) is 42.3 Å². The van der Waals surface area contributed by atoms with E-state index in [2.05, 4.69) is 34.5 Å². The van der Waals surface area contributed by atoms with Gasteiger partial charge in [0.05, 0.1) is 11.3 Å². The highest BCUT2D eigenvalue weighted by atomic mass is 32.2. The lowest BCUT2D eigenvalue weighted by molar-refractivity contribution is -0.124. The Hall–Kier alpha value is -2.47. The SMILES string of the molecule is O=C(CSc1ccccc1C(=O)N1CCN(c2ccccc2)CC1)NC12CC3CC(CC(C3)C1)C2. The molecule has 0 radical (unpaired) electrons. The zero-order valence-corrected chi connectivity index (χ0v) is 21.1. The largest absolute Gasteiger partial charge is 0.368 e. The van der Waals surface area contributed by atoms with E-state index >= 15 is 0 Å². The smallest absolute Gasteiger partial charge is 0.255 e. The molecule has 0 atom stereocenters. The van der Waals surface area contributed by atoms with Crippen LogP contribution in [-0.4, -0.2) is 54.2 Å². The molecule has 4 bridgehead atoms. The highest BCUT2D eigenvalue weighted by Crippen LogP contribution is 2.55. The van der Waals surface area contributed by atoms with E-state index in [1.165, 1.54) is 56.0 Å². The topological polar surface area (TPSA) is 52.7 Å². The Morgan fingerprint density at radius 3 is 2.09 bits per heavy atom. The van der Waals surface area contributed by atoms with Crippen molar-refractivity contribution in [3.8, 4) is 0 Å². The minimum Gasteiger partial charge on any atom is -0.368 e. The predicted octanol–water partition coefficient (Wildman–Crippen LogP) is 4.83. The number of piperazine rings is 1. The number of carbonyl (C=O) groups excluding carboxylic acids is 2. The second-order valence-electron chi connectivity index (χ2n) is 11.1. The van der Waals surface area contributed by atoms with Crippen molar-refractivity contribution >= 4 is 29.3 Å². The normalized spacial score (nSPS) is 29.3. The molecule has 1 heterocycles. The van der Waals surface area contributed by atoms with E-state index in [-0.39, 0.29) is 17.4 Å². The molecule has 0 aromatic heterocycles. The minimum absolute atomic E-state index is 0.0418. The summed E-state index contributed by atoms with van der Waals surface area (Å²) in [7, 11) is 0. The van der Waals surface area contributed by atoms with E-state index in [0.29, 0.717) is 24.4 Å². The molecule has 2 aromatic carbocycles. The van der Waals surface area contributed by atoms with Gasteiger partial charge in [0.25, 0.3) is 5.91 Å². The molecule has 4 aliphatic carbocycles. The number of benzene rings is 2. The number of hydrogen-bond donors (Lipinski definition) is 1. The molecule has 0 spiro atoms. The summed E-state index contributed by atoms with van der Waals surface area (Å²) in [6, 6.07) is 18.2. The Morgan fingerprint density at radius 1 is 0.829 bits per heavy atom. The first kappa shape index (κ1) is 23.0. The molecule has 2 aromatic rings. The van der Waals surface area contributed by atoms with Gasteiger partial charge in [-0.05, 0) is 80.5 Å². The predicted molar refractivity (Wildman–Crippen MR) is 141 cm³/mol. The van der Waals surface area contributed by atoms with Crippen LogP contribution in [0.3, 0.4) is 0 Å². The summed E-state index contributed by atoms with van der Waals surface area (Å²) in [5.74, 6) is 3.01. The molecular weight excluding hydrogens is 454 g/mol. The molecule has 184 valence electrons. The van der Waals surface area contributed by atoms with Gasteiger partial charge in [-0.1, -0.05) is 30.3 Å². The van der Waals surface area contributed by atoms with Crippen LogP contribution < -0.4 is 10.2 Å². The minimum atomic E-state index is 0.0418.